The van der Waals surface area contributed by atoms with E-state index in [9.17, 15) is 4.79 Å². The molecular formula is C22H18N4O2. The number of pyridine rings is 1. The molecule has 0 fully saturated rings. The van der Waals surface area contributed by atoms with Gasteiger partial charge in [-0.05, 0) is 42.3 Å². The van der Waals surface area contributed by atoms with Gasteiger partial charge in [0.25, 0.3) is 5.91 Å². The van der Waals surface area contributed by atoms with Crippen LogP contribution < -0.4 is 5.32 Å². The summed E-state index contributed by atoms with van der Waals surface area (Å²) in [5, 5.41) is 7.02. The Labute approximate surface area is 162 Å². The lowest BCUT2D eigenvalue weighted by Crippen LogP contribution is -2.14. The van der Waals surface area contributed by atoms with Gasteiger partial charge < -0.3 is 9.84 Å². The number of carbonyl (C=O) groups excluding carboxylic acids is 1. The molecule has 138 valence electrons. The standard InChI is InChI=1S/C22H18N4O2/c1-15-6-2-4-8-18(15)22(27)24-19-9-5-3-7-17(19)14-20-25-21(26-28-20)16-10-12-23-13-11-16/h2-13H,14H2,1H3,(H,24,27). The van der Waals surface area contributed by atoms with E-state index in [1.165, 1.54) is 0 Å². The Bertz CT molecular complexity index is 1110. The zero-order valence-corrected chi connectivity index (χ0v) is 15.3. The minimum absolute atomic E-state index is 0.145. The summed E-state index contributed by atoms with van der Waals surface area (Å²) in [4.78, 5) is 21.1. The van der Waals surface area contributed by atoms with Gasteiger partial charge in [-0.3, -0.25) is 9.78 Å². The number of para-hydroxylation sites is 1. The molecule has 0 bridgehead atoms. The van der Waals surface area contributed by atoms with E-state index in [1.807, 2.05) is 67.6 Å². The van der Waals surface area contributed by atoms with Crippen molar-refractivity contribution in [2.24, 2.45) is 0 Å². The highest BCUT2D eigenvalue weighted by Crippen LogP contribution is 2.22. The Morgan fingerprint density at radius 3 is 2.57 bits per heavy atom. The van der Waals surface area contributed by atoms with E-state index in [-0.39, 0.29) is 5.91 Å². The monoisotopic (exact) mass is 370 g/mol. The maximum Gasteiger partial charge on any atom is 0.255 e. The highest BCUT2D eigenvalue weighted by Gasteiger charge is 2.14. The lowest BCUT2D eigenvalue weighted by Gasteiger charge is -2.11. The summed E-state index contributed by atoms with van der Waals surface area (Å²) in [7, 11) is 0. The van der Waals surface area contributed by atoms with E-state index >= 15 is 0 Å². The summed E-state index contributed by atoms with van der Waals surface area (Å²) >= 11 is 0. The Kier molecular flexibility index (Phi) is 4.93. The Morgan fingerprint density at radius 2 is 1.75 bits per heavy atom. The van der Waals surface area contributed by atoms with Crippen molar-refractivity contribution in [3.8, 4) is 11.4 Å². The van der Waals surface area contributed by atoms with Gasteiger partial charge in [-0.15, -0.1) is 0 Å². The third-order valence-electron chi connectivity index (χ3n) is 4.40. The number of carbonyl (C=O) groups is 1. The molecule has 6 heteroatoms. The number of amides is 1. The molecule has 0 unspecified atom stereocenters. The second-order valence-electron chi connectivity index (χ2n) is 6.35. The largest absolute Gasteiger partial charge is 0.339 e. The number of aromatic nitrogens is 3. The average Bonchev–Trinajstić information content (AvgIpc) is 3.19. The van der Waals surface area contributed by atoms with Crippen LogP contribution in [0, 0.1) is 6.92 Å². The predicted molar refractivity (Wildman–Crippen MR) is 106 cm³/mol. The van der Waals surface area contributed by atoms with Gasteiger partial charge >= 0.3 is 0 Å². The van der Waals surface area contributed by atoms with E-state index < -0.39 is 0 Å². The first-order valence-electron chi connectivity index (χ1n) is 8.88. The summed E-state index contributed by atoms with van der Waals surface area (Å²) in [5.41, 5.74) is 4.03. The molecule has 28 heavy (non-hydrogen) atoms. The number of nitrogens with one attached hydrogen (secondary N) is 1. The summed E-state index contributed by atoms with van der Waals surface area (Å²) in [6.07, 6.45) is 3.78. The van der Waals surface area contributed by atoms with E-state index in [1.54, 1.807) is 12.4 Å². The van der Waals surface area contributed by atoms with Gasteiger partial charge in [0.1, 0.15) is 0 Å². The van der Waals surface area contributed by atoms with Crippen LogP contribution in [0.5, 0.6) is 0 Å². The van der Waals surface area contributed by atoms with Crippen LogP contribution in [0.3, 0.4) is 0 Å². The van der Waals surface area contributed by atoms with Gasteiger partial charge in [0.2, 0.25) is 11.7 Å². The SMILES string of the molecule is Cc1ccccc1C(=O)Nc1ccccc1Cc1nc(-c2ccncc2)no1. The zero-order chi connectivity index (χ0) is 19.3. The quantitative estimate of drug-likeness (QED) is 0.567. The number of nitrogens with zero attached hydrogens (tertiary/aromatic N) is 3. The fourth-order valence-electron chi connectivity index (χ4n) is 2.92. The van der Waals surface area contributed by atoms with Crippen LogP contribution in [0.25, 0.3) is 11.4 Å². The van der Waals surface area contributed by atoms with Crippen molar-refractivity contribution in [2.75, 3.05) is 5.32 Å². The highest BCUT2D eigenvalue weighted by molar-refractivity contribution is 6.05. The summed E-state index contributed by atoms with van der Waals surface area (Å²) < 4.78 is 5.39. The molecule has 4 aromatic rings. The number of aryl methyl sites for hydroxylation is 1. The van der Waals surface area contributed by atoms with Crippen molar-refractivity contribution < 1.29 is 9.32 Å². The summed E-state index contributed by atoms with van der Waals surface area (Å²) in [5.74, 6) is 0.844. The highest BCUT2D eigenvalue weighted by atomic mass is 16.5. The average molecular weight is 370 g/mol. The van der Waals surface area contributed by atoms with Gasteiger partial charge in [-0.1, -0.05) is 41.6 Å². The second kappa shape index (κ2) is 7.84. The lowest BCUT2D eigenvalue weighted by atomic mass is 10.1. The molecule has 0 saturated carbocycles. The number of anilines is 1. The first-order valence-corrected chi connectivity index (χ1v) is 8.88. The van der Waals surface area contributed by atoms with Crippen molar-refractivity contribution in [3.05, 3.63) is 95.6 Å². The van der Waals surface area contributed by atoms with Gasteiger partial charge in [0.05, 0.1) is 6.42 Å². The van der Waals surface area contributed by atoms with E-state index in [0.717, 1.165) is 22.4 Å². The topological polar surface area (TPSA) is 80.9 Å². The van der Waals surface area contributed by atoms with Gasteiger partial charge in [0.15, 0.2) is 0 Å². The summed E-state index contributed by atoms with van der Waals surface area (Å²) in [6.45, 7) is 1.92. The molecule has 0 atom stereocenters. The molecule has 0 aliphatic carbocycles. The molecule has 2 aromatic carbocycles. The maximum atomic E-state index is 12.7. The minimum Gasteiger partial charge on any atom is -0.339 e. The van der Waals surface area contributed by atoms with Crippen molar-refractivity contribution >= 4 is 11.6 Å². The molecule has 1 amide bonds. The van der Waals surface area contributed by atoms with Crippen LogP contribution in [0.1, 0.15) is 27.4 Å². The fraction of sp³-hybridized carbons (Fsp3) is 0.0909. The normalized spacial score (nSPS) is 10.6. The molecule has 2 heterocycles. The molecule has 0 radical (unpaired) electrons. The number of hydrogen-bond donors (Lipinski definition) is 1. The molecule has 6 nitrogen and oxygen atoms in total. The zero-order valence-electron chi connectivity index (χ0n) is 15.3. The first kappa shape index (κ1) is 17.6. The molecule has 0 aliphatic rings. The van der Waals surface area contributed by atoms with E-state index in [2.05, 4.69) is 20.4 Å². The summed E-state index contributed by atoms with van der Waals surface area (Å²) in [6, 6.07) is 18.7. The molecule has 0 spiro atoms. The van der Waals surface area contributed by atoms with Gasteiger partial charge in [0, 0.05) is 29.2 Å². The maximum absolute atomic E-state index is 12.7. The van der Waals surface area contributed by atoms with Gasteiger partial charge in [-0.2, -0.15) is 4.98 Å². The van der Waals surface area contributed by atoms with Crippen LogP contribution in [0.2, 0.25) is 0 Å². The van der Waals surface area contributed by atoms with Crippen molar-refractivity contribution in [3.63, 3.8) is 0 Å². The number of benzene rings is 2. The Balaban J connectivity index is 1.55. The number of hydrogen-bond acceptors (Lipinski definition) is 5. The third-order valence-corrected chi connectivity index (χ3v) is 4.40. The van der Waals surface area contributed by atoms with Gasteiger partial charge in [-0.25, -0.2) is 0 Å². The fourth-order valence-corrected chi connectivity index (χ4v) is 2.92. The Morgan fingerprint density at radius 1 is 1.00 bits per heavy atom. The third kappa shape index (κ3) is 3.81. The molecule has 0 saturated heterocycles. The van der Waals surface area contributed by atoms with Crippen LogP contribution in [-0.4, -0.2) is 21.0 Å². The van der Waals surface area contributed by atoms with Crippen LogP contribution in [0.4, 0.5) is 5.69 Å². The Hall–Kier alpha value is -3.80. The van der Waals surface area contributed by atoms with E-state index in [0.29, 0.717) is 23.7 Å². The predicted octanol–water partition coefficient (Wildman–Crippen LogP) is 4.28. The molecular weight excluding hydrogens is 352 g/mol. The van der Waals surface area contributed by atoms with Crippen molar-refractivity contribution in [1.29, 1.82) is 0 Å². The van der Waals surface area contributed by atoms with E-state index in [4.69, 9.17) is 4.52 Å². The second-order valence-corrected chi connectivity index (χ2v) is 6.35. The van der Waals surface area contributed by atoms with Crippen LogP contribution >= 0.6 is 0 Å². The molecule has 1 N–H and O–H groups in total. The minimum atomic E-state index is -0.145. The van der Waals surface area contributed by atoms with Crippen LogP contribution in [0.15, 0.2) is 77.6 Å². The first-order chi connectivity index (χ1) is 13.7. The molecule has 0 aliphatic heterocycles. The van der Waals surface area contributed by atoms with Crippen molar-refractivity contribution in [2.45, 2.75) is 13.3 Å². The van der Waals surface area contributed by atoms with Crippen molar-refractivity contribution in [1.82, 2.24) is 15.1 Å². The number of rotatable bonds is 5. The smallest absolute Gasteiger partial charge is 0.255 e. The lowest BCUT2D eigenvalue weighted by molar-refractivity contribution is 0.102. The van der Waals surface area contributed by atoms with Crippen LogP contribution in [-0.2, 0) is 6.42 Å². The molecule has 4 rings (SSSR count). The molecule has 2 aromatic heterocycles.